The Hall–Kier alpha value is -4.88. The summed E-state index contributed by atoms with van der Waals surface area (Å²) in [6.45, 7) is 2.06. The number of hydrogen-bond donors (Lipinski definition) is 1. The molecule has 7 nitrogen and oxygen atoms in total. The Morgan fingerprint density at radius 3 is 2.27 bits per heavy atom. The molecule has 0 unspecified atom stereocenters. The predicted molar refractivity (Wildman–Crippen MR) is 162 cm³/mol. The summed E-state index contributed by atoms with van der Waals surface area (Å²) in [4.78, 5) is 33.3. The molecule has 0 atom stereocenters. The molecule has 0 aliphatic carbocycles. The van der Waals surface area contributed by atoms with Crippen LogP contribution in [0.25, 0.3) is 16.9 Å². The van der Waals surface area contributed by atoms with Crippen LogP contribution in [0.1, 0.15) is 21.5 Å². The number of aryl methyl sites for hydroxylation is 1. The standard InChI is InChI=1S/C33H29ClN4O3/c1-23-12-16-26(17-13-23)38-21-30(25-14-18-27(41-2)19-15-25)35-33(38)36-31(39)22-37(20-24-8-4-3-5-9-24)32(40)28-10-6-7-11-29(28)34/h3-19,21H,20,22H2,1-2H3,(H,35,36,39). The topological polar surface area (TPSA) is 76.5 Å². The monoisotopic (exact) mass is 564 g/mol. The summed E-state index contributed by atoms with van der Waals surface area (Å²) in [7, 11) is 1.62. The highest BCUT2D eigenvalue weighted by molar-refractivity contribution is 6.33. The second-order valence-corrected chi connectivity index (χ2v) is 9.97. The molecule has 0 bridgehead atoms. The Kier molecular flexibility index (Phi) is 8.46. The van der Waals surface area contributed by atoms with Gasteiger partial charge in [-0.2, -0.15) is 0 Å². The van der Waals surface area contributed by atoms with Crippen molar-refractivity contribution in [2.75, 3.05) is 19.0 Å². The van der Waals surface area contributed by atoms with Gasteiger partial charge in [-0.3, -0.25) is 19.5 Å². The van der Waals surface area contributed by atoms with Crippen LogP contribution in [0.5, 0.6) is 5.75 Å². The molecule has 0 saturated heterocycles. The molecule has 0 saturated carbocycles. The van der Waals surface area contributed by atoms with Crippen LogP contribution in [-0.4, -0.2) is 39.9 Å². The van der Waals surface area contributed by atoms with E-state index in [0.717, 1.165) is 28.1 Å². The van der Waals surface area contributed by atoms with E-state index >= 15 is 0 Å². The summed E-state index contributed by atoms with van der Waals surface area (Å²) in [6.07, 6.45) is 1.87. The molecule has 0 aliphatic rings. The Labute approximate surface area is 244 Å². The number of benzene rings is 4. The first-order valence-corrected chi connectivity index (χ1v) is 13.5. The lowest BCUT2D eigenvalue weighted by Crippen LogP contribution is -2.38. The number of anilines is 1. The number of carbonyl (C=O) groups is 2. The first-order chi connectivity index (χ1) is 19.9. The normalized spacial score (nSPS) is 10.7. The Bertz CT molecular complexity index is 1650. The molecule has 0 aliphatic heterocycles. The van der Waals surface area contributed by atoms with E-state index in [9.17, 15) is 9.59 Å². The zero-order valence-electron chi connectivity index (χ0n) is 22.8. The molecule has 0 radical (unpaired) electrons. The molecule has 1 N–H and O–H groups in total. The van der Waals surface area contributed by atoms with Crippen molar-refractivity contribution >= 4 is 29.4 Å². The van der Waals surface area contributed by atoms with Crippen molar-refractivity contribution in [2.24, 2.45) is 0 Å². The second-order valence-electron chi connectivity index (χ2n) is 9.56. The zero-order chi connectivity index (χ0) is 28.8. The maximum atomic E-state index is 13.6. The largest absolute Gasteiger partial charge is 0.497 e. The quantitative estimate of drug-likeness (QED) is 0.214. The number of amides is 2. The van der Waals surface area contributed by atoms with E-state index in [1.807, 2.05) is 96.6 Å². The van der Waals surface area contributed by atoms with Crippen molar-refractivity contribution in [3.8, 4) is 22.7 Å². The van der Waals surface area contributed by atoms with Crippen LogP contribution in [0.4, 0.5) is 5.95 Å². The average Bonchev–Trinajstić information content (AvgIpc) is 3.41. The number of halogens is 1. The van der Waals surface area contributed by atoms with Gasteiger partial charge in [-0.1, -0.05) is 71.8 Å². The van der Waals surface area contributed by atoms with Crippen LogP contribution < -0.4 is 10.1 Å². The van der Waals surface area contributed by atoms with Crippen LogP contribution >= 0.6 is 11.6 Å². The maximum Gasteiger partial charge on any atom is 0.256 e. The number of nitrogens with one attached hydrogen (secondary N) is 1. The summed E-state index contributed by atoms with van der Waals surface area (Å²) in [5.74, 6) is 0.355. The predicted octanol–water partition coefficient (Wildman–Crippen LogP) is 6.79. The number of carbonyl (C=O) groups excluding carboxylic acids is 2. The lowest BCUT2D eigenvalue weighted by atomic mass is 10.1. The van der Waals surface area contributed by atoms with Crippen molar-refractivity contribution in [3.63, 3.8) is 0 Å². The summed E-state index contributed by atoms with van der Waals surface area (Å²) in [5.41, 5.74) is 4.73. The molecule has 8 heteroatoms. The molecular weight excluding hydrogens is 536 g/mol. The molecule has 0 spiro atoms. The lowest BCUT2D eigenvalue weighted by Gasteiger charge is -2.23. The zero-order valence-corrected chi connectivity index (χ0v) is 23.5. The lowest BCUT2D eigenvalue weighted by molar-refractivity contribution is -0.117. The van der Waals surface area contributed by atoms with E-state index < -0.39 is 0 Å². The third kappa shape index (κ3) is 6.65. The van der Waals surface area contributed by atoms with E-state index in [4.69, 9.17) is 21.3 Å². The van der Waals surface area contributed by atoms with Crippen molar-refractivity contribution in [2.45, 2.75) is 13.5 Å². The third-order valence-corrected chi connectivity index (χ3v) is 6.93. The van der Waals surface area contributed by atoms with Gasteiger partial charge in [-0.05, 0) is 61.0 Å². The van der Waals surface area contributed by atoms with Crippen LogP contribution in [0.3, 0.4) is 0 Å². The Morgan fingerprint density at radius 2 is 1.59 bits per heavy atom. The van der Waals surface area contributed by atoms with E-state index in [1.54, 1.807) is 31.4 Å². The van der Waals surface area contributed by atoms with Crippen LogP contribution in [-0.2, 0) is 11.3 Å². The van der Waals surface area contributed by atoms with Gasteiger partial charge >= 0.3 is 0 Å². The van der Waals surface area contributed by atoms with E-state index in [1.165, 1.54) is 4.90 Å². The summed E-state index contributed by atoms with van der Waals surface area (Å²) >= 11 is 6.34. The van der Waals surface area contributed by atoms with E-state index in [0.29, 0.717) is 22.2 Å². The van der Waals surface area contributed by atoms with Gasteiger partial charge in [-0.25, -0.2) is 4.98 Å². The summed E-state index contributed by atoms with van der Waals surface area (Å²) in [5, 5.41) is 3.26. The molecule has 5 rings (SSSR count). The van der Waals surface area contributed by atoms with Crippen LogP contribution in [0.2, 0.25) is 5.02 Å². The van der Waals surface area contributed by atoms with Gasteiger partial charge in [0, 0.05) is 24.0 Å². The fourth-order valence-electron chi connectivity index (χ4n) is 4.42. The number of hydrogen-bond acceptors (Lipinski definition) is 4. The summed E-state index contributed by atoms with van der Waals surface area (Å²) in [6, 6.07) is 31.8. The Morgan fingerprint density at radius 1 is 0.902 bits per heavy atom. The highest BCUT2D eigenvalue weighted by atomic mass is 35.5. The first-order valence-electron chi connectivity index (χ1n) is 13.1. The minimum atomic E-state index is -0.387. The second kappa shape index (κ2) is 12.5. The summed E-state index contributed by atoms with van der Waals surface area (Å²) < 4.78 is 7.11. The highest BCUT2D eigenvalue weighted by Gasteiger charge is 2.23. The number of rotatable bonds is 9. The highest BCUT2D eigenvalue weighted by Crippen LogP contribution is 2.26. The van der Waals surface area contributed by atoms with Crippen molar-refractivity contribution in [1.29, 1.82) is 0 Å². The number of aromatic nitrogens is 2. The molecule has 2 amide bonds. The molecule has 5 aromatic rings. The van der Waals surface area contributed by atoms with Gasteiger partial charge in [-0.15, -0.1) is 0 Å². The molecule has 1 heterocycles. The molecule has 0 fully saturated rings. The fourth-order valence-corrected chi connectivity index (χ4v) is 4.63. The third-order valence-electron chi connectivity index (χ3n) is 6.60. The average molecular weight is 565 g/mol. The number of ether oxygens (including phenoxy) is 1. The molecule has 1 aromatic heterocycles. The molecular formula is C33H29ClN4O3. The first kappa shape index (κ1) is 27.7. The van der Waals surface area contributed by atoms with Crippen LogP contribution in [0.15, 0.2) is 109 Å². The molecule has 41 heavy (non-hydrogen) atoms. The molecule has 206 valence electrons. The SMILES string of the molecule is COc1ccc(-c2cn(-c3ccc(C)cc3)c(NC(=O)CN(Cc3ccccc3)C(=O)c3ccccc3Cl)n2)cc1. The van der Waals surface area contributed by atoms with Crippen molar-refractivity contribution in [3.05, 3.63) is 131 Å². The van der Waals surface area contributed by atoms with Gasteiger partial charge in [0.1, 0.15) is 12.3 Å². The van der Waals surface area contributed by atoms with Crippen molar-refractivity contribution < 1.29 is 14.3 Å². The number of imidazole rings is 1. The van der Waals surface area contributed by atoms with E-state index in [2.05, 4.69) is 5.32 Å². The van der Waals surface area contributed by atoms with E-state index in [-0.39, 0.29) is 24.9 Å². The smallest absolute Gasteiger partial charge is 0.256 e. The number of nitrogens with zero attached hydrogens (tertiary/aromatic N) is 3. The van der Waals surface area contributed by atoms with Crippen molar-refractivity contribution in [1.82, 2.24) is 14.5 Å². The molecule has 4 aromatic carbocycles. The van der Waals surface area contributed by atoms with Crippen LogP contribution in [0, 0.1) is 6.92 Å². The van der Waals surface area contributed by atoms with Gasteiger partial charge in [0.15, 0.2) is 0 Å². The van der Waals surface area contributed by atoms with Gasteiger partial charge in [0.25, 0.3) is 5.91 Å². The Balaban J connectivity index is 1.45. The van der Waals surface area contributed by atoms with Gasteiger partial charge in [0.05, 0.1) is 23.4 Å². The minimum Gasteiger partial charge on any atom is -0.497 e. The maximum absolute atomic E-state index is 13.6. The van der Waals surface area contributed by atoms with Gasteiger partial charge < -0.3 is 9.64 Å². The fraction of sp³-hybridized carbons (Fsp3) is 0.121. The number of methoxy groups -OCH3 is 1. The minimum absolute atomic E-state index is 0.197. The van der Waals surface area contributed by atoms with Gasteiger partial charge in [0.2, 0.25) is 11.9 Å².